The highest BCUT2D eigenvalue weighted by Crippen LogP contribution is 2.48. The van der Waals surface area contributed by atoms with E-state index in [0.29, 0.717) is 23.8 Å². The van der Waals surface area contributed by atoms with Gasteiger partial charge >= 0.3 is 0 Å². The molecule has 2 aliphatic rings. The molecular weight excluding hydrogens is 212 g/mol. The van der Waals surface area contributed by atoms with Crippen molar-refractivity contribution in [3.63, 3.8) is 0 Å². The van der Waals surface area contributed by atoms with Crippen LogP contribution in [0.15, 0.2) is 0 Å². The Morgan fingerprint density at radius 2 is 2.00 bits per heavy atom. The quantitative estimate of drug-likeness (QED) is 0.814. The summed E-state index contributed by atoms with van der Waals surface area (Å²) in [5.74, 6) is 1.62. The molecule has 3 heteroatoms. The zero-order valence-electron chi connectivity index (χ0n) is 11.4. The van der Waals surface area contributed by atoms with E-state index in [1.54, 1.807) is 0 Å². The van der Waals surface area contributed by atoms with Gasteiger partial charge in [-0.15, -0.1) is 0 Å². The van der Waals surface area contributed by atoms with E-state index in [2.05, 4.69) is 20.8 Å². The van der Waals surface area contributed by atoms with Crippen molar-refractivity contribution in [3.05, 3.63) is 0 Å². The maximum atomic E-state index is 12.6. The Balaban J connectivity index is 2.08. The van der Waals surface area contributed by atoms with Gasteiger partial charge in [0.1, 0.15) is 0 Å². The molecule has 2 aliphatic carbocycles. The molecule has 17 heavy (non-hydrogen) atoms. The highest BCUT2D eigenvalue weighted by atomic mass is 16.2. The molecule has 98 valence electrons. The van der Waals surface area contributed by atoms with E-state index in [0.717, 1.165) is 13.0 Å². The standard InChI is InChI=1S/C14H26N2O/c1-4-9(3)16(5-2)14(17)12-10-6-7-11(8-10)13(12)15/h9-13H,4-8,15H2,1-3H3. The van der Waals surface area contributed by atoms with Crippen molar-refractivity contribution in [2.24, 2.45) is 23.5 Å². The minimum atomic E-state index is 0.114. The molecule has 5 atom stereocenters. The molecule has 2 rings (SSSR count). The first-order valence-corrected chi connectivity index (χ1v) is 7.16. The summed E-state index contributed by atoms with van der Waals surface area (Å²) in [6, 6.07) is 0.471. The number of nitrogens with two attached hydrogens (primary N) is 1. The van der Waals surface area contributed by atoms with Crippen LogP contribution in [0.3, 0.4) is 0 Å². The molecule has 2 saturated carbocycles. The van der Waals surface area contributed by atoms with Crippen molar-refractivity contribution in [3.8, 4) is 0 Å². The largest absolute Gasteiger partial charge is 0.340 e. The van der Waals surface area contributed by atoms with Crippen LogP contribution in [-0.4, -0.2) is 29.4 Å². The molecule has 0 aromatic heterocycles. The van der Waals surface area contributed by atoms with Crippen LogP contribution in [0.4, 0.5) is 0 Å². The van der Waals surface area contributed by atoms with E-state index < -0.39 is 0 Å². The van der Waals surface area contributed by atoms with Crippen molar-refractivity contribution in [2.75, 3.05) is 6.54 Å². The fourth-order valence-electron chi connectivity index (χ4n) is 3.80. The van der Waals surface area contributed by atoms with E-state index in [-0.39, 0.29) is 12.0 Å². The van der Waals surface area contributed by atoms with Gasteiger partial charge < -0.3 is 10.6 Å². The first kappa shape index (κ1) is 12.9. The second-order valence-electron chi connectivity index (χ2n) is 5.82. The number of fused-ring (bicyclic) bond motifs is 2. The Morgan fingerprint density at radius 1 is 1.35 bits per heavy atom. The fourth-order valence-corrected chi connectivity index (χ4v) is 3.80. The first-order valence-electron chi connectivity index (χ1n) is 7.16. The molecular formula is C14H26N2O. The zero-order valence-corrected chi connectivity index (χ0v) is 11.4. The predicted octanol–water partition coefficient (Wildman–Crippen LogP) is 2.01. The second-order valence-corrected chi connectivity index (χ2v) is 5.82. The topological polar surface area (TPSA) is 46.3 Å². The van der Waals surface area contributed by atoms with Crippen molar-refractivity contribution in [1.82, 2.24) is 4.90 Å². The number of rotatable bonds is 4. The van der Waals surface area contributed by atoms with Gasteiger partial charge in [0.25, 0.3) is 0 Å². The van der Waals surface area contributed by atoms with Gasteiger partial charge in [0.2, 0.25) is 5.91 Å². The number of hydrogen-bond donors (Lipinski definition) is 1. The monoisotopic (exact) mass is 238 g/mol. The van der Waals surface area contributed by atoms with Gasteiger partial charge in [0, 0.05) is 18.6 Å². The van der Waals surface area contributed by atoms with Crippen LogP contribution in [0.2, 0.25) is 0 Å². The third-order valence-electron chi connectivity index (χ3n) is 5.01. The summed E-state index contributed by atoms with van der Waals surface area (Å²) in [6.07, 6.45) is 4.67. The Bertz CT molecular complexity index is 290. The van der Waals surface area contributed by atoms with Crippen molar-refractivity contribution < 1.29 is 4.79 Å². The van der Waals surface area contributed by atoms with Crippen LogP contribution < -0.4 is 5.73 Å². The molecule has 3 nitrogen and oxygen atoms in total. The third kappa shape index (κ3) is 2.10. The highest BCUT2D eigenvalue weighted by molar-refractivity contribution is 5.81. The van der Waals surface area contributed by atoms with Gasteiger partial charge in [-0.05, 0) is 51.4 Å². The maximum absolute atomic E-state index is 12.6. The molecule has 0 aromatic rings. The van der Waals surface area contributed by atoms with Crippen molar-refractivity contribution in [2.45, 2.75) is 58.5 Å². The van der Waals surface area contributed by atoms with Gasteiger partial charge in [-0.3, -0.25) is 4.79 Å². The Hall–Kier alpha value is -0.570. The minimum Gasteiger partial charge on any atom is -0.340 e. The number of amides is 1. The van der Waals surface area contributed by atoms with Gasteiger partial charge in [-0.25, -0.2) is 0 Å². The molecule has 0 spiro atoms. The molecule has 1 amide bonds. The Kier molecular flexibility index (Phi) is 3.76. The maximum Gasteiger partial charge on any atom is 0.227 e. The number of carbonyl (C=O) groups excluding carboxylic acids is 1. The molecule has 5 unspecified atom stereocenters. The summed E-state index contributed by atoms with van der Waals surface area (Å²) < 4.78 is 0. The first-order chi connectivity index (χ1) is 8.10. The summed E-state index contributed by atoms with van der Waals surface area (Å²) in [5, 5.41) is 0. The SMILES string of the molecule is CCC(C)N(CC)C(=O)C1C2CCC(C2)C1N. The molecule has 2 fully saturated rings. The van der Waals surface area contributed by atoms with Gasteiger partial charge in [0.05, 0.1) is 5.92 Å². The average Bonchev–Trinajstić information content (AvgIpc) is 2.89. The average molecular weight is 238 g/mol. The third-order valence-corrected chi connectivity index (χ3v) is 5.01. The summed E-state index contributed by atoms with van der Waals surface area (Å²) in [7, 11) is 0. The zero-order chi connectivity index (χ0) is 12.6. The summed E-state index contributed by atoms with van der Waals surface area (Å²) >= 11 is 0. The van der Waals surface area contributed by atoms with Crippen LogP contribution >= 0.6 is 0 Å². The van der Waals surface area contributed by atoms with E-state index >= 15 is 0 Å². The number of carbonyl (C=O) groups is 1. The molecule has 2 N–H and O–H groups in total. The lowest BCUT2D eigenvalue weighted by atomic mass is 9.83. The Labute approximate surface area is 105 Å². The van der Waals surface area contributed by atoms with Crippen molar-refractivity contribution >= 4 is 5.91 Å². The van der Waals surface area contributed by atoms with E-state index in [1.165, 1.54) is 19.3 Å². The van der Waals surface area contributed by atoms with E-state index in [9.17, 15) is 4.79 Å². The molecule has 0 saturated heterocycles. The lowest BCUT2D eigenvalue weighted by Gasteiger charge is -2.35. The van der Waals surface area contributed by atoms with Crippen molar-refractivity contribution in [1.29, 1.82) is 0 Å². The molecule has 0 radical (unpaired) electrons. The lowest BCUT2D eigenvalue weighted by Crippen LogP contribution is -2.49. The van der Waals surface area contributed by atoms with E-state index in [4.69, 9.17) is 5.73 Å². The molecule has 0 aliphatic heterocycles. The van der Waals surface area contributed by atoms with Gasteiger partial charge in [0.15, 0.2) is 0 Å². The van der Waals surface area contributed by atoms with Gasteiger partial charge in [-0.1, -0.05) is 6.92 Å². The number of hydrogen-bond acceptors (Lipinski definition) is 2. The minimum absolute atomic E-state index is 0.114. The molecule has 2 bridgehead atoms. The molecule has 0 heterocycles. The highest BCUT2D eigenvalue weighted by Gasteiger charge is 2.50. The normalized spacial score (nSPS) is 37.2. The van der Waals surface area contributed by atoms with Crippen LogP contribution in [0, 0.1) is 17.8 Å². The van der Waals surface area contributed by atoms with Crippen LogP contribution in [0.25, 0.3) is 0 Å². The van der Waals surface area contributed by atoms with Crippen LogP contribution in [-0.2, 0) is 4.79 Å². The van der Waals surface area contributed by atoms with E-state index in [1.807, 2.05) is 4.90 Å². The molecule has 0 aromatic carbocycles. The fraction of sp³-hybridized carbons (Fsp3) is 0.929. The smallest absolute Gasteiger partial charge is 0.227 e. The van der Waals surface area contributed by atoms with Gasteiger partial charge in [-0.2, -0.15) is 0 Å². The summed E-state index contributed by atoms with van der Waals surface area (Å²) in [6.45, 7) is 7.17. The number of nitrogens with zero attached hydrogens (tertiary/aromatic N) is 1. The predicted molar refractivity (Wildman–Crippen MR) is 69.4 cm³/mol. The Morgan fingerprint density at radius 3 is 2.47 bits per heavy atom. The summed E-state index contributed by atoms with van der Waals surface area (Å²) in [4.78, 5) is 14.7. The van der Waals surface area contributed by atoms with Crippen LogP contribution in [0.5, 0.6) is 0 Å². The summed E-state index contributed by atoms with van der Waals surface area (Å²) in [5.41, 5.74) is 6.25. The second kappa shape index (κ2) is 4.97. The van der Waals surface area contributed by atoms with Crippen LogP contribution in [0.1, 0.15) is 46.5 Å². The lowest BCUT2D eigenvalue weighted by molar-refractivity contribution is -0.139.